The normalized spacial score (nSPS) is 11.2. The molecule has 136 valence electrons. The molecule has 0 bridgehead atoms. The van der Waals surface area contributed by atoms with Gasteiger partial charge in [0.05, 0.1) is 16.0 Å². The Morgan fingerprint density at radius 2 is 1.92 bits per heavy atom. The van der Waals surface area contributed by atoms with Crippen molar-refractivity contribution < 1.29 is 4.74 Å². The average Bonchev–Trinajstić information content (AvgIpc) is 3.12. The lowest BCUT2D eigenvalue weighted by molar-refractivity contribution is 0.242. The van der Waals surface area contributed by atoms with Crippen LogP contribution in [0.25, 0.3) is 21.0 Å². The molecule has 0 unspecified atom stereocenters. The summed E-state index contributed by atoms with van der Waals surface area (Å²) in [7, 11) is 0. The highest BCUT2D eigenvalue weighted by molar-refractivity contribution is 7.18. The summed E-state index contributed by atoms with van der Waals surface area (Å²) in [6.07, 6.45) is 4.15. The molecule has 0 radical (unpaired) electrons. The smallest absolute Gasteiger partial charge is 0.138 e. The number of aromatic nitrogens is 1. The van der Waals surface area contributed by atoms with Crippen LogP contribution in [0.15, 0.2) is 42.6 Å². The number of hydrogen-bond donors (Lipinski definition) is 0. The van der Waals surface area contributed by atoms with Crippen molar-refractivity contribution in [2.45, 2.75) is 46.6 Å². The molecule has 0 N–H and O–H groups in total. The molecule has 0 atom stereocenters. The lowest BCUT2D eigenvalue weighted by atomic mass is 9.96. The van der Waals surface area contributed by atoms with E-state index in [9.17, 15) is 0 Å². The fourth-order valence-corrected chi connectivity index (χ4v) is 4.32. The van der Waals surface area contributed by atoms with E-state index in [-0.39, 0.29) is 6.10 Å². The Morgan fingerprint density at radius 3 is 2.58 bits per heavy atom. The van der Waals surface area contributed by atoms with Crippen LogP contribution in [0.3, 0.4) is 0 Å². The Kier molecular flexibility index (Phi) is 6.00. The number of hydrogen-bond acceptors (Lipinski definition) is 3. The average molecular weight is 386 g/mol. The zero-order valence-corrected chi connectivity index (χ0v) is 17.2. The van der Waals surface area contributed by atoms with Crippen molar-refractivity contribution >= 4 is 22.9 Å². The summed E-state index contributed by atoms with van der Waals surface area (Å²) >= 11 is 8.09. The molecule has 0 saturated carbocycles. The van der Waals surface area contributed by atoms with Gasteiger partial charge in [0.1, 0.15) is 10.8 Å². The Balaban J connectivity index is 1.95. The first-order valence-corrected chi connectivity index (χ1v) is 10.3. The largest absolute Gasteiger partial charge is 0.489 e. The van der Waals surface area contributed by atoms with Crippen LogP contribution in [-0.2, 0) is 12.8 Å². The van der Waals surface area contributed by atoms with E-state index in [1.807, 2.05) is 38.2 Å². The van der Waals surface area contributed by atoms with Gasteiger partial charge in [-0.15, -0.1) is 11.3 Å². The number of thiazole rings is 1. The third kappa shape index (κ3) is 3.94. The molecule has 0 spiro atoms. The van der Waals surface area contributed by atoms with Gasteiger partial charge in [-0.05, 0) is 61.6 Å². The standard InChI is InChI=1S/C22H24ClNOS/c1-5-15-8-7-9-18(17(15)6-2)21-13-24-22(26-21)16-10-11-20(19(23)12-16)25-14(3)4/h7-14H,5-6H2,1-4H3. The van der Waals surface area contributed by atoms with Crippen LogP contribution < -0.4 is 4.74 Å². The molecule has 0 amide bonds. The van der Waals surface area contributed by atoms with Gasteiger partial charge >= 0.3 is 0 Å². The minimum atomic E-state index is 0.100. The summed E-state index contributed by atoms with van der Waals surface area (Å²) in [5.74, 6) is 0.714. The molecule has 2 aromatic carbocycles. The van der Waals surface area contributed by atoms with Gasteiger partial charge in [-0.25, -0.2) is 4.98 Å². The van der Waals surface area contributed by atoms with Gasteiger partial charge in [-0.3, -0.25) is 0 Å². The number of rotatable bonds is 6. The summed E-state index contributed by atoms with van der Waals surface area (Å²) in [6.45, 7) is 8.41. The minimum Gasteiger partial charge on any atom is -0.489 e. The maximum Gasteiger partial charge on any atom is 0.138 e. The predicted octanol–water partition coefficient (Wildman–Crippen LogP) is 7.04. The van der Waals surface area contributed by atoms with Crippen LogP contribution in [0.2, 0.25) is 5.02 Å². The SMILES string of the molecule is CCc1cccc(-c2cnc(-c3ccc(OC(C)C)c(Cl)c3)s2)c1CC. The molecule has 1 aromatic heterocycles. The van der Waals surface area contributed by atoms with Crippen LogP contribution in [0.5, 0.6) is 5.75 Å². The molecule has 3 aromatic rings. The molecule has 0 fully saturated rings. The van der Waals surface area contributed by atoms with Crippen LogP contribution in [-0.4, -0.2) is 11.1 Å². The Morgan fingerprint density at radius 1 is 1.12 bits per heavy atom. The van der Waals surface area contributed by atoms with Gasteiger partial charge in [-0.2, -0.15) is 0 Å². The summed E-state index contributed by atoms with van der Waals surface area (Å²) in [4.78, 5) is 5.84. The number of nitrogens with zero attached hydrogens (tertiary/aromatic N) is 1. The lowest BCUT2D eigenvalue weighted by Crippen LogP contribution is -2.05. The van der Waals surface area contributed by atoms with Crippen molar-refractivity contribution in [1.29, 1.82) is 0 Å². The second kappa shape index (κ2) is 8.24. The van der Waals surface area contributed by atoms with E-state index in [0.717, 1.165) is 23.4 Å². The van der Waals surface area contributed by atoms with Crippen molar-refractivity contribution in [3.05, 3.63) is 58.7 Å². The van der Waals surface area contributed by atoms with Crippen molar-refractivity contribution in [1.82, 2.24) is 4.98 Å². The second-order valence-electron chi connectivity index (χ2n) is 6.49. The molecule has 2 nitrogen and oxygen atoms in total. The van der Waals surface area contributed by atoms with Gasteiger partial charge < -0.3 is 4.74 Å². The molecule has 0 aliphatic carbocycles. The van der Waals surface area contributed by atoms with E-state index >= 15 is 0 Å². The zero-order chi connectivity index (χ0) is 18.7. The minimum absolute atomic E-state index is 0.100. The molecule has 0 aliphatic rings. The maximum absolute atomic E-state index is 6.39. The predicted molar refractivity (Wildman–Crippen MR) is 113 cm³/mol. The van der Waals surface area contributed by atoms with Crippen LogP contribution in [0, 0.1) is 0 Å². The van der Waals surface area contributed by atoms with E-state index in [2.05, 4.69) is 37.0 Å². The van der Waals surface area contributed by atoms with Gasteiger partial charge in [0.15, 0.2) is 0 Å². The number of aryl methyl sites for hydroxylation is 1. The van der Waals surface area contributed by atoms with Crippen molar-refractivity contribution in [3.8, 4) is 26.8 Å². The highest BCUT2D eigenvalue weighted by Gasteiger charge is 2.13. The highest BCUT2D eigenvalue weighted by atomic mass is 35.5. The van der Waals surface area contributed by atoms with E-state index < -0.39 is 0 Å². The molecule has 1 heterocycles. The summed E-state index contributed by atoms with van der Waals surface area (Å²) in [6, 6.07) is 12.4. The first-order chi connectivity index (χ1) is 12.5. The van der Waals surface area contributed by atoms with Crippen molar-refractivity contribution in [2.24, 2.45) is 0 Å². The number of benzene rings is 2. The van der Waals surface area contributed by atoms with E-state index in [0.29, 0.717) is 10.8 Å². The molecule has 0 saturated heterocycles. The van der Waals surface area contributed by atoms with E-state index in [1.165, 1.54) is 21.6 Å². The maximum atomic E-state index is 6.39. The quantitative estimate of drug-likeness (QED) is 0.453. The molecule has 4 heteroatoms. The second-order valence-corrected chi connectivity index (χ2v) is 7.93. The van der Waals surface area contributed by atoms with Crippen molar-refractivity contribution in [2.75, 3.05) is 0 Å². The molecule has 0 aliphatic heterocycles. The van der Waals surface area contributed by atoms with Crippen molar-refractivity contribution in [3.63, 3.8) is 0 Å². The first kappa shape index (κ1) is 18.9. The Labute approximate surface area is 164 Å². The summed E-state index contributed by atoms with van der Waals surface area (Å²) < 4.78 is 5.72. The van der Waals surface area contributed by atoms with Crippen LogP contribution in [0.1, 0.15) is 38.8 Å². The van der Waals surface area contributed by atoms with Crippen LogP contribution >= 0.6 is 22.9 Å². The summed E-state index contributed by atoms with van der Waals surface area (Å²) in [5.41, 5.74) is 5.15. The third-order valence-corrected chi connectivity index (χ3v) is 5.70. The highest BCUT2D eigenvalue weighted by Crippen LogP contribution is 2.37. The monoisotopic (exact) mass is 385 g/mol. The summed E-state index contributed by atoms with van der Waals surface area (Å²) in [5, 5.41) is 1.59. The Bertz CT molecular complexity index is 901. The topological polar surface area (TPSA) is 22.1 Å². The fourth-order valence-electron chi connectivity index (χ4n) is 3.13. The number of halogens is 1. The molecular formula is C22H24ClNOS. The molecule has 26 heavy (non-hydrogen) atoms. The zero-order valence-electron chi connectivity index (χ0n) is 15.7. The van der Waals surface area contributed by atoms with Gasteiger partial charge in [0, 0.05) is 11.8 Å². The van der Waals surface area contributed by atoms with Gasteiger partial charge in [-0.1, -0.05) is 43.6 Å². The van der Waals surface area contributed by atoms with E-state index in [4.69, 9.17) is 16.3 Å². The number of ether oxygens (including phenoxy) is 1. The molecular weight excluding hydrogens is 362 g/mol. The van der Waals surface area contributed by atoms with E-state index in [1.54, 1.807) is 11.3 Å². The molecule has 3 rings (SSSR count). The fraction of sp³-hybridized carbons (Fsp3) is 0.318. The first-order valence-electron chi connectivity index (χ1n) is 9.07. The third-order valence-electron chi connectivity index (χ3n) is 4.32. The Hall–Kier alpha value is -1.84. The van der Waals surface area contributed by atoms with Crippen LogP contribution in [0.4, 0.5) is 0 Å². The van der Waals surface area contributed by atoms with Gasteiger partial charge in [0.2, 0.25) is 0 Å². The van der Waals surface area contributed by atoms with Gasteiger partial charge in [0.25, 0.3) is 0 Å². The lowest BCUT2D eigenvalue weighted by Gasteiger charge is -2.11.